The van der Waals surface area contributed by atoms with E-state index in [1.54, 1.807) is 26.0 Å². The molecule has 0 aliphatic rings. The first kappa shape index (κ1) is 49.8. The molecule has 1 heterocycles. The van der Waals surface area contributed by atoms with E-state index in [-0.39, 0.29) is 60.4 Å². The highest BCUT2D eigenvalue weighted by Crippen LogP contribution is 2.31. The number of rotatable bonds is 27. The highest BCUT2D eigenvalue weighted by Gasteiger charge is 2.34. The number of methoxy groups -OCH3 is 2. The Morgan fingerprint density at radius 2 is 1.58 bits per heavy atom. The number of esters is 1. The van der Waals surface area contributed by atoms with Crippen molar-refractivity contribution in [3.63, 3.8) is 0 Å². The van der Waals surface area contributed by atoms with Crippen LogP contribution in [0.15, 0.2) is 52.9 Å². The predicted molar refractivity (Wildman–Crippen MR) is 227 cm³/mol. The minimum atomic E-state index is -1.31. The zero-order chi connectivity index (χ0) is 45.6. The molecule has 0 saturated heterocycles. The largest absolute Gasteiger partial charge is 0.542 e. The quantitative estimate of drug-likeness (QED) is 0.0243. The number of amides is 4. The summed E-state index contributed by atoms with van der Waals surface area (Å²) in [4.78, 5) is 95.8. The van der Waals surface area contributed by atoms with Crippen LogP contribution in [0.3, 0.4) is 0 Å². The molecule has 0 radical (unpaired) electrons. The molecule has 0 spiro atoms. The lowest BCUT2D eigenvalue weighted by atomic mass is 9.90. The van der Waals surface area contributed by atoms with Crippen molar-refractivity contribution in [2.45, 2.75) is 91.1 Å². The number of hydroxylamine groups is 2. The molecule has 3 aromatic rings. The fourth-order valence-electron chi connectivity index (χ4n) is 6.34. The Morgan fingerprint density at radius 3 is 2.23 bits per heavy atom. The van der Waals surface area contributed by atoms with Crippen LogP contribution in [0.25, 0.3) is 11.3 Å². The summed E-state index contributed by atoms with van der Waals surface area (Å²) in [6.07, 6.45) is 4.39. The fourth-order valence-corrected chi connectivity index (χ4v) is 6.34. The van der Waals surface area contributed by atoms with E-state index in [0.717, 1.165) is 32.4 Å². The highest BCUT2D eigenvalue weighted by molar-refractivity contribution is 6.08. The summed E-state index contributed by atoms with van der Waals surface area (Å²) >= 11 is 0. The van der Waals surface area contributed by atoms with Gasteiger partial charge in [0.1, 0.15) is 17.6 Å². The van der Waals surface area contributed by atoms with Gasteiger partial charge in [-0.05, 0) is 68.7 Å². The van der Waals surface area contributed by atoms with E-state index in [9.17, 15) is 33.6 Å². The van der Waals surface area contributed by atoms with Crippen LogP contribution >= 0.6 is 0 Å². The number of ether oxygens (including phenoxy) is 4. The summed E-state index contributed by atoms with van der Waals surface area (Å²) in [6.45, 7) is 7.51. The summed E-state index contributed by atoms with van der Waals surface area (Å²) in [7, 11) is 4.01. The second-order valence-corrected chi connectivity index (χ2v) is 13.9. The first-order valence-electron chi connectivity index (χ1n) is 20.5. The molecule has 19 heteroatoms. The minimum absolute atomic E-state index is 0.0646. The Kier molecular flexibility index (Phi) is 20.9. The smallest absolute Gasteiger partial charge is 0.363 e. The Hall–Kier alpha value is -6.53. The molecule has 0 fully saturated rings. The molecule has 3 N–H and O–H groups in total. The number of hydrogen-bond donors (Lipinski definition) is 3. The molecular weight excluding hydrogens is 807 g/mol. The van der Waals surface area contributed by atoms with E-state index in [1.807, 2.05) is 13.8 Å². The Morgan fingerprint density at radius 1 is 0.839 bits per heavy atom. The standard InChI is InChI=1S/C43H57BN4O14/c1-7-11-13-14-29(32(9-3)48(26-49)62-42(54)28-16-18-34(56-5)37(23-28)57-6)39(51)45-25-46-41(53)35-20-19-33(60-35)27-15-17-30(36(22-27)58-10-4)40(52)47-31(43(55)61-44)24-38(50)59-21-12-8-2/h15-20,22-23,26,29,31-32H,7-14,21,24-25,44H2,1-6H3,(H,45,51)(H,46,53)(H,47,52)/t29-,31+,32-/m1/s1. The second kappa shape index (κ2) is 26.0. The number of benzene rings is 2. The lowest BCUT2D eigenvalue weighted by molar-refractivity contribution is -0.171. The van der Waals surface area contributed by atoms with Gasteiger partial charge in [-0.15, -0.1) is 0 Å². The average molecular weight is 865 g/mol. The molecular formula is C43H57BN4O14. The van der Waals surface area contributed by atoms with Gasteiger partial charge in [0.15, 0.2) is 17.3 Å². The van der Waals surface area contributed by atoms with E-state index in [0.29, 0.717) is 37.0 Å². The van der Waals surface area contributed by atoms with Gasteiger partial charge in [0.25, 0.3) is 11.8 Å². The van der Waals surface area contributed by atoms with E-state index in [2.05, 4.69) is 16.0 Å². The maximum absolute atomic E-state index is 13.7. The maximum atomic E-state index is 13.7. The summed E-state index contributed by atoms with van der Waals surface area (Å²) in [5.74, 6) is -3.95. The van der Waals surface area contributed by atoms with Crippen LogP contribution in [0.4, 0.5) is 0 Å². The van der Waals surface area contributed by atoms with Crippen molar-refractivity contribution in [1.29, 1.82) is 0 Å². The van der Waals surface area contributed by atoms with Gasteiger partial charge in [0.05, 0.1) is 63.6 Å². The van der Waals surface area contributed by atoms with Gasteiger partial charge in [-0.2, -0.15) is 5.06 Å². The molecule has 0 saturated carbocycles. The van der Waals surface area contributed by atoms with E-state index < -0.39 is 60.1 Å². The van der Waals surface area contributed by atoms with Crippen LogP contribution in [-0.4, -0.2) is 101 Å². The molecule has 3 rings (SSSR count). The van der Waals surface area contributed by atoms with E-state index >= 15 is 0 Å². The average Bonchev–Trinajstić information content (AvgIpc) is 3.78. The Balaban J connectivity index is 1.70. The number of unbranched alkanes of at least 4 members (excludes halogenated alkanes) is 3. The molecule has 0 bridgehead atoms. The van der Waals surface area contributed by atoms with Crippen molar-refractivity contribution in [1.82, 2.24) is 21.0 Å². The van der Waals surface area contributed by atoms with Crippen LogP contribution in [0.5, 0.6) is 17.2 Å². The third-order valence-corrected chi connectivity index (χ3v) is 9.65. The van der Waals surface area contributed by atoms with Gasteiger partial charge in [0, 0.05) is 5.56 Å². The van der Waals surface area contributed by atoms with Gasteiger partial charge < -0.3 is 48.8 Å². The number of nitrogens with one attached hydrogen (secondary N) is 3. The Labute approximate surface area is 362 Å². The summed E-state index contributed by atoms with van der Waals surface area (Å²) in [5, 5.41) is 8.68. The Bertz CT molecular complexity index is 1990. The first-order valence-corrected chi connectivity index (χ1v) is 20.5. The van der Waals surface area contributed by atoms with Crippen LogP contribution in [0.2, 0.25) is 0 Å². The number of carbonyl (C=O) groups is 7. The van der Waals surface area contributed by atoms with Crippen LogP contribution in [-0.2, 0) is 33.4 Å². The third-order valence-electron chi connectivity index (χ3n) is 9.65. The summed E-state index contributed by atoms with van der Waals surface area (Å²) < 4.78 is 32.0. The van der Waals surface area contributed by atoms with Crippen LogP contribution in [0.1, 0.15) is 110 Å². The number of hydrogen-bond acceptors (Lipinski definition) is 14. The SMILES string of the molecule is BOC(=O)[C@H](CC(=O)OCCCC)NC(=O)c1ccc(-c2ccc(C(=O)NCNC(=O)[C@H](CCCCC)[C@@H](CC)N(C=O)OC(=O)c3ccc(OC)c(OC)c3)o2)cc1OCC. The number of carbonyl (C=O) groups excluding carboxylic acids is 7. The molecule has 2 aromatic carbocycles. The third kappa shape index (κ3) is 14.3. The first-order chi connectivity index (χ1) is 29.9. The summed E-state index contributed by atoms with van der Waals surface area (Å²) in [6, 6.07) is 9.78. The lowest BCUT2D eigenvalue weighted by Gasteiger charge is -2.31. The van der Waals surface area contributed by atoms with E-state index in [4.69, 9.17) is 32.9 Å². The minimum Gasteiger partial charge on any atom is -0.542 e. The van der Waals surface area contributed by atoms with Crippen molar-refractivity contribution < 1.29 is 66.4 Å². The molecule has 0 unspecified atom stereocenters. The summed E-state index contributed by atoms with van der Waals surface area (Å²) in [5.41, 5.74) is 0.614. The van der Waals surface area contributed by atoms with Crippen LogP contribution in [0, 0.1) is 5.92 Å². The second-order valence-electron chi connectivity index (χ2n) is 13.9. The van der Waals surface area contributed by atoms with Crippen LogP contribution < -0.4 is 30.2 Å². The monoisotopic (exact) mass is 864 g/mol. The normalized spacial score (nSPS) is 12.1. The molecule has 0 aliphatic heterocycles. The fraction of sp³-hybridized carbons (Fsp3) is 0.465. The molecule has 0 aliphatic carbocycles. The van der Waals surface area contributed by atoms with Crippen molar-refractivity contribution in [2.75, 3.05) is 34.1 Å². The molecule has 1 aromatic heterocycles. The molecule has 3 atom stereocenters. The van der Waals surface area contributed by atoms with Gasteiger partial charge in [-0.25, -0.2) is 4.79 Å². The predicted octanol–water partition coefficient (Wildman–Crippen LogP) is 4.29. The zero-order valence-electron chi connectivity index (χ0n) is 36.4. The number of nitrogens with zero attached hydrogens (tertiary/aromatic N) is 1. The van der Waals surface area contributed by atoms with E-state index in [1.165, 1.54) is 50.6 Å². The highest BCUT2D eigenvalue weighted by atomic mass is 16.7. The molecule has 18 nitrogen and oxygen atoms in total. The number of furan rings is 1. The topological polar surface area (TPSA) is 227 Å². The maximum Gasteiger partial charge on any atom is 0.363 e. The molecule has 62 heavy (non-hydrogen) atoms. The van der Waals surface area contributed by atoms with Gasteiger partial charge >= 0.3 is 26.0 Å². The van der Waals surface area contributed by atoms with Gasteiger partial charge in [-0.1, -0.05) is 52.5 Å². The lowest BCUT2D eigenvalue weighted by Crippen LogP contribution is -2.49. The van der Waals surface area contributed by atoms with Gasteiger partial charge in [0.2, 0.25) is 12.3 Å². The molecule has 336 valence electrons. The van der Waals surface area contributed by atoms with Crippen molar-refractivity contribution >= 4 is 50.1 Å². The molecule has 4 amide bonds. The zero-order valence-corrected chi connectivity index (χ0v) is 36.4. The van der Waals surface area contributed by atoms with Crippen molar-refractivity contribution in [3.05, 3.63) is 65.4 Å². The van der Waals surface area contributed by atoms with Crippen molar-refractivity contribution in [2.24, 2.45) is 5.92 Å². The van der Waals surface area contributed by atoms with Crippen molar-refractivity contribution in [3.8, 4) is 28.6 Å². The van der Waals surface area contributed by atoms with Gasteiger partial charge in [-0.3, -0.25) is 28.8 Å².